The van der Waals surface area contributed by atoms with Crippen molar-refractivity contribution >= 4 is 10.8 Å². The average Bonchev–Trinajstić information content (AvgIpc) is 2.58. The summed E-state index contributed by atoms with van der Waals surface area (Å²) < 4.78 is 5.33. The van der Waals surface area contributed by atoms with Gasteiger partial charge in [-0.2, -0.15) is 0 Å². The van der Waals surface area contributed by atoms with Gasteiger partial charge in [-0.15, -0.1) is 0 Å². The van der Waals surface area contributed by atoms with Crippen LogP contribution in [0.4, 0.5) is 0 Å². The van der Waals surface area contributed by atoms with Crippen molar-refractivity contribution in [1.29, 1.82) is 0 Å². The molecule has 6 rings (SSSR count). The van der Waals surface area contributed by atoms with E-state index in [9.17, 15) is 0 Å². The molecular weight excluding hydrogens is 294 g/mol. The molecule has 2 aromatic rings. The van der Waals surface area contributed by atoms with Gasteiger partial charge in [0.25, 0.3) is 0 Å². The van der Waals surface area contributed by atoms with Crippen molar-refractivity contribution < 1.29 is 4.74 Å². The molecule has 2 heteroatoms. The first-order valence-corrected chi connectivity index (χ1v) is 9.53. The van der Waals surface area contributed by atoms with Crippen LogP contribution in [0.3, 0.4) is 0 Å². The minimum Gasteiger partial charge on any atom is -0.497 e. The lowest BCUT2D eigenvalue weighted by molar-refractivity contribution is -0.0205. The molecule has 0 aromatic heterocycles. The second-order valence-electron chi connectivity index (χ2n) is 8.60. The fourth-order valence-electron chi connectivity index (χ4n) is 6.13. The molecule has 0 unspecified atom stereocenters. The summed E-state index contributed by atoms with van der Waals surface area (Å²) in [5.74, 6) is 3.95. The van der Waals surface area contributed by atoms with Crippen LogP contribution >= 0.6 is 0 Å². The Morgan fingerprint density at radius 1 is 0.917 bits per heavy atom. The Balaban J connectivity index is 1.34. The van der Waals surface area contributed by atoms with E-state index >= 15 is 0 Å². The van der Waals surface area contributed by atoms with Gasteiger partial charge in [0.15, 0.2) is 0 Å². The van der Waals surface area contributed by atoms with Gasteiger partial charge >= 0.3 is 0 Å². The molecule has 4 saturated carbocycles. The lowest BCUT2D eigenvalue weighted by atomic mass is 9.53. The molecule has 0 amide bonds. The van der Waals surface area contributed by atoms with E-state index in [0.717, 1.165) is 30.0 Å². The maximum absolute atomic E-state index is 5.33. The smallest absolute Gasteiger partial charge is 0.119 e. The third-order valence-corrected chi connectivity index (χ3v) is 6.82. The highest BCUT2D eigenvalue weighted by Gasteiger charge is 2.50. The zero-order valence-electron chi connectivity index (χ0n) is 14.6. The number of benzene rings is 2. The number of fused-ring (bicyclic) bond motifs is 1. The highest BCUT2D eigenvalue weighted by molar-refractivity contribution is 5.84. The molecular formula is C22H27NO. The van der Waals surface area contributed by atoms with Crippen LogP contribution in [0.5, 0.6) is 5.75 Å². The predicted octanol–water partition coefficient (Wildman–Crippen LogP) is 4.91. The van der Waals surface area contributed by atoms with Crippen LogP contribution in [-0.4, -0.2) is 12.6 Å². The van der Waals surface area contributed by atoms with E-state index in [1.807, 2.05) is 0 Å². The van der Waals surface area contributed by atoms with E-state index in [0.29, 0.717) is 5.54 Å². The molecule has 0 atom stereocenters. The normalized spacial score (nSPS) is 34.0. The van der Waals surface area contributed by atoms with Gasteiger partial charge in [-0.05, 0) is 90.8 Å². The van der Waals surface area contributed by atoms with Gasteiger partial charge in [0.1, 0.15) is 5.75 Å². The van der Waals surface area contributed by atoms with Gasteiger partial charge in [-0.3, -0.25) is 0 Å². The summed E-state index contributed by atoms with van der Waals surface area (Å²) in [6, 6.07) is 13.2. The molecule has 1 N–H and O–H groups in total. The Morgan fingerprint density at radius 3 is 2.21 bits per heavy atom. The molecule has 2 aromatic carbocycles. The molecule has 126 valence electrons. The molecule has 0 radical (unpaired) electrons. The summed E-state index contributed by atoms with van der Waals surface area (Å²) in [7, 11) is 1.73. The van der Waals surface area contributed by atoms with Crippen LogP contribution in [0, 0.1) is 17.8 Å². The van der Waals surface area contributed by atoms with E-state index in [2.05, 4.69) is 41.7 Å². The van der Waals surface area contributed by atoms with E-state index in [-0.39, 0.29) is 0 Å². The number of rotatable bonds is 4. The first-order chi connectivity index (χ1) is 11.7. The minimum absolute atomic E-state index is 0.448. The summed E-state index contributed by atoms with van der Waals surface area (Å²) in [6.07, 6.45) is 8.80. The summed E-state index contributed by atoms with van der Waals surface area (Å²) in [6.45, 7) is 1.01. The molecule has 2 nitrogen and oxygen atoms in total. The van der Waals surface area contributed by atoms with Gasteiger partial charge in [-0.25, -0.2) is 0 Å². The van der Waals surface area contributed by atoms with E-state index in [4.69, 9.17) is 4.74 Å². The molecule has 4 fully saturated rings. The van der Waals surface area contributed by atoms with E-state index in [1.54, 1.807) is 7.11 Å². The van der Waals surface area contributed by atoms with Crippen LogP contribution in [0.1, 0.15) is 44.1 Å². The molecule has 4 bridgehead atoms. The zero-order valence-corrected chi connectivity index (χ0v) is 14.6. The summed E-state index contributed by atoms with van der Waals surface area (Å²) in [5.41, 5.74) is 1.85. The molecule has 4 aliphatic rings. The Labute approximate surface area is 144 Å². The molecule has 4 aliphatic carbocycles. The largest absolute Gasteiger partial charge is 0.497 e. The van der Waals surface area contributed by atoms with Crippen molar-refractivity contribution in [2.24, 2.45) is 17.8 Å². The quantitative estimate of drug-likeness (QED) is 0.864. The lowest BCUT2D eigenvalue weighted by Crippen LogP contribution is -2.58. The maximum atomic E-state index is 5.33. The molecule has 0 saturated heterocycles. The SMILES string of the molecule is COc1ccc2cc(CNC34CC5CC(CC(C5)C3)C4)ccc2c1. The highest BCUT2D eigenvalue weighted by atomic mass is 16.5. The maximum Gasteiger partial charge on any atom is 0.119 e. The van der Waals surface area contributed by atoms with Crippen molar-refractivity contribution in [1.82, 2.24) is 5.32 Å². The second-order valence-corrected chi connectivity index (χ2v) is 8.60. The number of hydrogen-bond acceptors (Lipinski definition) is 2. The minimum atomic E-state index is 0.448. The summed E-state index contributed by atoms with van der Waals surface area (Å²) in [4.78, 5) is 0. The van der Waals surface area contributed by atoms with Crippen molar-refractivity contribution in [3.05, 3.63) is 42.0 Å². The lowest BCUT2D eigenvalue weighted by Gasteiger charge is -2.57. The predicted molar refractivity (Wildman–Crippen MR) is 98.2 cm³/mol. The number of nitrogens with one attached hydrogen (secondary N) is 1. The van der Waals surface area contributed by atoms with Crippen molar-refractivity contribution in [3.63, 3.8) is 0 Å². The van der Waals surface area contributed by atoms with E-state index < -0.39 is 0 Å². The number of ether oxygens (including phenoxy) is 1. The Hall–Kier alpha value is -1.54. The van der Waals surface area contributed by atoms with Crippen molar-refractivity contribution in [2.45, 2.75) is 50.6 Å². The van der Waals surface area contributed by atoms with Crippen LogP contribution in [0.15, 0.2) is 36.4 Å². The standard InChI is InChI=1S/C22H27NO/c1-24-21-5-4-19-9-15(2-3-20(19)10-21)14-23-22-11-16-6-17(12-22)8-18(7-16)13-22/h2-5,9-10,16-18,23H,6-8,11-14H2,1H3. The Morgan fingerprint density at radius 2 is 1.54 bits per heavy atom. The fraction of sp³-hybridized carbons (Fsp3) is 0.545. The van der Waals surface area contributed by atoms with Crippen LogP contribution < -0.4 is 10.1 Å². The first-order valence-electron chi connectivity index (χ1n) is 9.53. The van der Waals surface area contributed by atoms with Crippen LogP contribution in [0.2, 0.25) is 0 Å². The molecule has 0 heterocycles. The number of hydrogen-bond donors (Lipinski definition) is 1. The van der Waals surface area contributed by atoms with E-state index in [1.165, 1.54) is 54.9 Å². The Bertz CT molecular complexity index is 730. The Kier molecular flexibility index (Phi) is 3.38. The first kappa shape index (κ1) is 14.8. The van der Waals surface area contributed by atoms with Gasteiger partial charge in [0, 0.05) is 12.1 Å². The van der Waals surface area contributed by atoms with Crippen molar-refractivity contribution in [2.75, 3.05) is 7.11 Å². The summed E-state index contributed by atoms with van der Waals surface area (Å²) in [5, 5.41) is 6.57. The second kappa shape index (κ2) is 5.49. The topological polar surface area (TPSA) is 21.3 Å². The average molecular weight is 321 g/mol. The van der Waals surface area contributed by atoms with Gasteiger partial charge in [0.2, 0.25) is 0 Å². The van der Waals surface area contributed by atoms with Crippen LogP contribution in [0.25, 0.3) is 10.8 Å². The number of methoxy groups -OCH3 is 1. The molecule has 24 heavy (non-hydrogen) atoms. The van der Waals surface area contributed by atoms with Crippen molar-refractivity contribution in [3.8, 4) is 5.75 Å². The third kappa shape index (κ3) is 2.52. The van der Waals surface area contributed by atoms with Gasteiger partial charge in [0.05, 0.1) is 7.11 Å². The van der Waals surface area contributed by atoms with Gasteiger partial charge in [-0.1, -0.05) is 18.2 Å². The molecule has 0 spiro atoms. The summed E-state index contributed by atoms with van der Waals surface area (Å²) >= 11 is 0. The zero-order chi connectivity index (χ0) is 16.1. The van der Waals surface area contributed by atoms with Gasteiger partial charge < -0.3 is 10.1 Å². The molecule has 0 aliphatic heterocycles. The fourth-order valence-corrected chi connectivity index (χ4v) is 6.13. The highest BCUT2D eigenvalue weighted by Crippen LogP contribution is 2.55. The monoisotopic (exact) mass is 321 g/mol. The van der Waals surface area contributed by atoms with Crippen LogP contribution in [-0.2, 0) is 6.54 Å². The third-order valence-electron chi connectivity index (χ3n) is 6.82.